The minimum absolute atomic E-state index is 0.0568. The topological polar surface area (TPSA) is 104 Å². The average Bonchev–Trinajstić information content (AvgIpc) is 2.43. The Hall–Kier alpha value is -2.91. The summed E-state index contributed by atoms with van der Waals surface area (Å²) in [5.41, 5.74) is 0.622. The van der Waals surface area contributed by atoms with E-state index in [0.717, 1.165) is 4.90 Å². The lowest BCUT2D eigenvalue weighted by molar-refractivity contribution is -0.144. The van der Waals surface area contributed by atoms with Gasteiger partial charge in [-0.05, 0) is 19.1 Å². The average molecular weight is 343 g/mol. The highest BCUT2D eigenvalue weighted by atomic mass is 19.4. The summed E-state index contributed by atoms with van der Waals surface area (Å²) in [7, 11) is 0. The molecule has 1 aromatic heterocycles. The van der Waals surface area contributed by atoms with Crippen LogP contribution in [0.4, 0.5) is 19.0 Å². The van der Waals surface area contributed by atoms with Crippen LogP contribution in [0.3, 0.4) is 0 Å². The molecule has 0 aliphatic heterocycles. The molecule has 0 saturated heterocycles. The molecule has 0 spiro atoms. The molecule has 1 heterocycles. The number of aryl methyl sites for hydroxylation is 1. The standard InChI is InChI=1S/C14H12F3N3O4/c1-7-2-3-9-8(4-7)12(19-13(18-9)14(15,16)17)20(5-10(21)22)6-11(23)24/h2-4H,5-6H2,1H3,(H,21,22)(H,23,24). The van der Waals surface area contributed by atoms with E-state index in [0.29, 0.717) is 5.56 Å². The number of carbonyl (C=O) groups is 2. The smallest absolute Gasteiger partial charge is 0.451 e. The van der Waals surface area contributed by atoms with Crippen molar-refractivity contribution < 1.29 is 33.0 Å². The van der Waals surface area contributed by atoms with Crippen LogP contribution in [-0.2, 0) is 15.8 Å². The zero-order chi connectivity index (χ0) is 18.1. The van der Waals surface area contributed by atoms with Gasteiger partial charge in [0.25, 0.3) is 0 Å². The van der Waals surface area contributed by atoms with Gasteiger partial charge in [0.1, 0.15) is 18.9 Å². The maximum atomic E-state index is 13.0. The van der Waals surface area contributed by atoms with Gasteiger partial charge >= 0.3 is 18.1 Å². The molecule has 2 N–H and O–H groups in total. The van der Waals surface area contributed by atoms with Crippen LogP contribution >= 0.6 is 0 Å². The van der Waals surface area contributed by atoms with Gasteiger partial charge in [0.2, 0.25) is 5.82 Å². The minimum Gasteiger partial charge on any atom is -0.480 e. The van der Waals surface area contributed by atoms with Crippen LogP contribution in [0.15, 0.2) is 18.2 Å². The van der Waals surface area contributed by atoms with Crippen molar-refractivity contribution in [1.29, 1.82) is 0 Å². The highest BCUT2D eigenvalue weighted by Crippen LogP contribution is 2.32. The first-order valence-electron chi connectivity index (χ1n) is 6.62. The predicted molar refractivity (Wildman–Crippen MR) is 76.8 cm³/mol. The number of aliphatic carboxylic acids is 2. The summed E-state index contributed by atoms with van der Waals surface area (Å²) in [5.74, 6) is -4.65. The third kappa shape index (κ3) is 3.89. The first-order valence-corrected chi connectivity index (χ1v) is 6.62. The third-order valence-corrected chi connectivity index (χ3v) is 3.04. The minimum atomic E-state index is -4.86. The monoisotopic (exact) mass is 343 g/mol. The van der Waals surface area contributed by atoms with E-state index in [2.05, 4.69) is 9.97 Å². The molecule has 1 aromatic carbocycles. The van der Waals surface area contributed by atoms with Crippen molar-refractivity contribution in [1.82, 2.24) is 9.97 Å². The van der Waals surface area contributed by atoms with Crippen LogP contribution < -0.4 is 4.90 Å². The number of halogens is 3. The van der Waals surface area contributed by atoms with E-state index < -0.39 is 37.0 Å². The van der Waals surface area contributed by atoms with Crippen LogP contribution in [-0.4, -0.2) is 45.2 Å². The Kier molecular flexibility index (Phi) is 4.58. The zero-order valence-corrected chi connectivity index (χ0v) is 12.3. The van der Waals surface area contributed by atoms with Crippen LogP contribution in [0, 0.1) is 6.92 Å². The summed E-state index contributed by atoms with van der Waals surface area (Å²) >= 11 is 0. The third-order valence-electron chi connectivity index (χ3n) is 3.04. The Labute approximate surface area is 133 Å². The molecule has 128 valence electrons. The first kappa shape index (κ1) is 17.4. The highest BCUT2D eigenvalue weighted by molar-refractivity contribution is 5.93. The Morgan fingerprint density at radius 2 is 1.71 bits per heavy atom. The van der Waals surface area contributed by atoms with Gasteiger partial charge in [0.15, 0.2) is 0 Å². The lowest BCUT2D eigenvalue weighted by atomic mass is 10.1. The van der Waals surface area contributed by atoms with Gasteiger partial charge in [-0.1, -0.05) is 11.6 Å². The van der Waals surface area contributed by atoms with Crippen LogP contribution in [0.25, 0.3) is 10.9 Å². The first-order chi connectivity index (χ1) is 11.1. The van der Waals surface area contributed by atoms with E-state index in [1.807, 2.05) is 0 Å². The van der Waals surface area contributed by atoms with Crippen molar-refractivity contribution in [2.75, 3.05) is 18.0 Å². The zero-order valence-electron chi connectivity index (χ0n) is 12.3. The Morgan fingerprint density at radius 3 is 2.21 bits per heavy atom. The van der Waals surface area contributed by atoms with E-state index >= 15 is 0 Å². The number of carboxylic acids is 2. The van der Waals surface area contributed by atoms with Gasteiger partial charge in [-0.3, -0.25) is 9.59 Å². The molecule has 0 bridgehead atoms. The van der Waals surface area contributed by atoms with Crippen molar-refractivity contribution in [2.24, 2.45) is 0 Å². The van der Waals surface area contributed by atoms with Crippen molar-refractivity contribution >= 4 is 28.7 Å². The molecule has 10 heteroatoms. The fraction of sp³-hybridized carbons (Fsp3) is 0.286. The molecule has 24 heavy (non-hydrogen) atoms. The highest BCUT2D eigenvalue weighted by Gasteiger charge is 2.36. The van der Waals surface area contributed by atoms with Gasteiger partial charge in [-0.2, -0.15) is 13.2 Å². The number of carboxylic acid groups (broad SMARTS) is 2. The fourth-order valence-corrected chi connectivity index (χ4v) is 2.13. The van der Waals surface area contributed by atoms with Crippen LogP contribution in [0.5, 0.6) is 0 Å². The lowest BCUT2D eigenvalue weighted by Gasteiger charge is -2.22. The fourth-order valence-electron chi connectivity index (χ4n) is 2.13. The van der Waals surface area contributed by atoms with Crippen molar-refractivity contribution in [3.8, 4) is 0 Å². The Bertz CT molecular complexity index is 792. The number of hydrogen-bond donors (Lipinski definition) is 2. The van der Waals surface area contributed by atoms with Gasteiger partial charge in [-0.25, -0.2) is 9.97 Å². The molecule has 0 radical (unpaired) electrons. The maximum Gasteiger partial charge on any atom is 0.451 e. The van der Waals surface area contributed by atoms with Gasteiger partial charge in [0, 0.05) is 5.39 Å². The Morgan fingerprint density at radius 1 is 1.12 bits per heavy atom. The molecule has 7 nitrogen and oxygen atoms in total. The predicted octanol–water partition coefficient (Wildman–Crippen LogP) is 1.93. The van der Waals surface area contributed by atoms with Crippen LogP contribution in [0.2, 0.25) is 0 Å². The molecule has 0 amide bonds. The number of anilines is 1. The number of nitrogens with zero attached hydrogens (tertiary/aromatic N) is 3. The summed E-state index contributed by atoms with van der Waals surface area (Å²) in [6, 6.07) is 4.35. The van der Waals surface area contributed by atoms with E-state index in [1.165, 1.54) is 18.2 Å². The Balaban J connectivity index is 2.73. The van der Waals surface area contributed by atoms with E-state index in [1.54, 1.807) is 6.92 Å². The van der Waals surface area contributed by atoms with E-state index in [-0.39, 0.29) is 16.7 Å². The number of hydrogen-bond acceptors (Lipinski definition) is 5. The van der Waals surface area contributed by atoms with Gasteiger partial charge in [-0.15, -0.1) is 0 Å². The molecule has 0 unspecified atom stereocenters. The van der Waals surface area contributed by atoms with Crippen molar-refractivity contribution in [2.45, 2.75) is 13.1 Å². The largest absolute Gasteiger partial charge is 0.480 e. The van der Waals surface area contributed by atoms with Crippen molar-refractivity contribution in [3.05, 3.63) is 29.6 Å². The second-order valence-corrected chi connectivity index (χ2v) is 5.03. The molecule has 0 aliphatic rings. The number of aromatic nitrogens is 2. The van der Waals surface area contributed by atoms with Crippen molar-refractivity contribution in [3.63, 3.8) is 0 Å². The second kappa shape index (κ2) is 6.30. The summed E-state index contributed by atoms with van der Waals surface area (Å²) in [4.78, 5) is 29.5. The molecular formula is C14H12F3N3O4. The molecule has 0 saturated carbocycles. The lowest BCUT2D eigenvalue weighted by Crippen LogP contribution is -2.35. The molecule has 0 atom stereocenters. The summed E-state index contributed by atoms with van der Waals surface area (Å²) < 4.78 is 39.0. The van der Waals surface area contributed by atoms with Crippen LogP contribution in [0.1, 0.15) is 11.4 Å². The number of rotatable bonds is 5. The SMILES string of the molecule is Cc1ccc2nc(C(F)(F)F)nc(N(CC(=O)O)CC(=O)O)c2c1. The number of benzene rings is 1. The second-order valence-electron chi connectivity index (χ2n) is 5.03. The maximum absolute atomic E-state index is 13.0. The normalized spacial score (nSPS) is 11.5. The quantitative estimate of drug-likeness (QED) is 0.855. The van der Waals surface area contributed by atoms with E-state index in [4.69, 9.17) is 10.2 Å². The molecule has 0 fully saturated rings. The molecular weight excluding hydrogens is 331 g/mol. The van der Waals surface area contributed by atoms with E-state index in [9.17, 15) is 22.8 Å². The van der Waals surface area contributed by atoms with Gasteiger partial charge in [0.05, 0.1) is 5.52 Å². The summed E-state index contributed by atoms with van der Waals surface area (Å²) in [6.45, 7) is 0.0485. The summed E-state index contributed by atoms with van der Waals surface area (Å²) in [6.07, 6.45) is -4.86. The summed E-state index contributed by atoms with van der Waals surface area (Å²) in [5, 5.41) is 18.0. The molecule has 2 aromatic rings. The number of fused-ring (bicyclic) bond motifs is 1. The number of alkyl halides is 3. The van der Waals surface area contributed by atoms with Gasteiger partial charge < -0.3 is 15.1 Å². The molecule has 2 rings (SSSR count). The molecule has 0 aliphatic carbocycles.